The van der Waals surface area contributed by atoms with Gasteiger partial charge in [-0.1, -0.05) is 29.4 Å². The molecule has 2 atom stereocenters. The van der Waals surface area contributed by atoms with Gasteiger partial charge >= 0.3 is 0 Å². The van der Waals surface area contributed by atoms with Crippen molar-refractivity contribution >= 4 is 6.21 Å². The quantitative estimate of drug-likeness (QED) is 0.612. The Balaban J connectivity index is 2.06. The molecule has 0 N–H and O–H groups in total. The van der Waals surface area contributed by atoms with Crippen LogP contribution in [0.3, 0.4) is 0 Å². The zero-order valence-corrected chi connectivity index (χ0v) is 8.02. The normalized spacial score (nSPS) is 28.9. The highest BCUT2D eigenvalue weighted by Gasteiger charge is 2.31. The molecule has 0 aromatic heterocycles. The summed E-state index contributed by atoms with van der Waals surface area (Å²) in [4.78, 5) is 5.43. The Bertz CT molecular complexity index is 372. The summed E-state index contributed by atoms with van der Waals surface area (Å²) in [5.41, 5.74) is 2.78. The summed E-state index contributed by atoms with van der Waals surface area (Å²) in [6.07, 6.45) is 5.78. The smallest absolute Gasteiger partial charge is 0.160 e. The van der Waals surface area contributed by atoms with Gasteiger partial charge in [0.1, 0.15) is 0 Å². The first-order valence-corrected chi connectivity index (χ1v) is 5.22. The molecule has 2 unspecified atom stereocenters. The topological polar surface area (TPSA) is 21.6 Å². The zero-order valence-electron chi connectivity index (χ0n) is 8.02. The maximum absolute atomic E-state index is 5.43. The van der Waals surface area contributed by atoms with Crippen molar-refractivity contribution in [1.82, 2.24) is 0 Å². The Morgan fingerprint density at radius 2 is 2.21 bits per heavy atom. The molecule has 0 saturated heterocycles. The summed E-state index contributed by atoms with van der Waals surface area (Å²) in [7, 11) is 0. The van der Waals surface area contributed by atoms with E-state index in [1.807, 2.05) is 6.21 Å². The average Bonchev–Trinajstić information content (AvgIpc) is 2.61. The SMILES string of the molecule is C1=NOC2c3ccccc3CCCC12. The number of aryl methyl sites for hydroxylation is 1. The van der Waals surface area contributed by atoms with Crippen LogP contribution in [-0.4, -0.2) is 6.21 Å². The molecule has 0 radical (unpaired) electrons. The summed E-state index contributed by atoms with van der Waals surface area (Å²) in [5.74, 6) is 0.499. The average molecular weight is 187 g/mol. The number of hydrogen-bond donors (Lipinski definition) is 0. The first-order chi connectivity index (χ1) is 6.95. The van der Waals surface area contributed by atoms with E-state index in [9.17, 15) is 0 Å². The van der Waals surface area contributed by atoms with Crippen molar-refractivity contribution in [3.8, 4) is 0 Å². The molecule has 14 heavy (non-hydrogen) atoms. The number of hydrogen-bond acceptors (Lipinski definition) is 2. The minimum atomic E-state index is 0.189. The molecule has 3 rings (SSSR count). The van der Waals surface area contributed by atoms with Gasteiger partial charge in [0.2, 0.25) is 0 Å². The third-order valence-electron chi connectivity index (χ3n) is 3.16. The van der Waals surface area contributed by atoms with Crippen molar-refractivity contribution in [1.29, 1.82) is 0 Å². The van der Waals surface area contributed by atoms with E-state index in [-0.39, 0.29) is 6.10 Å². The summed E-state index contributed by atoms with van der Waals surface area (Å²) in [6.45, 7) is 0. The van der Waals surface area contributed by atoms with Crippen LogP contribution in [0.25, 0.3) is 0 Å². The second kappa shape index (κ2) is 3.12. The molecule has 1 aromatic rings. The molecule has 0 fully saturated rings. The monoisotopic (exact) mass is 187 g/mol. The summed E-state index contributed by atoms with van der Waals surface area (Å²) in [5, 5.41) is 3.94. The van der Waals surface area contributed by atoms with E-state index < -0.39 is 0 Å². The lowest BCUT2D eigenvalue weighted by molar-refractivity contribution is 0.0607. The Morgan fingerprint density at radius 3 is 3.21 bits per heavy atom. The van der Waals surface area contributed by atoms with Crippen LogP contribution in [0.1, 0.15) is 30.1 Å². The third kappa shape index (κ3) is 1.14. The van der Waals surface area contributed by atoms with Crippen LogP contribution < -0.4 is 0 Å². The molecule has 1 aliphatic carbocycles. The minimum Gasteiger partial charge on any atom is -0.387 e. The maximum Gasteiger partial charge on any atom is 0.160 e. The van der Waals surface area contributed by atoms with Crippen LogP contribution in [0.5, 0.6) is 0 Å². The van der Waals surface area contributed by atoms with Gasteiger partial charge in [-0.05, 0) is 30.4 Å². The molecular weight excluding hydrogens is 174 g/mol. The lowest BCUT2D eigenvalue weighted by atomic mass is 9.95. The Labute approximate surface area is 83.6 Å². The predicted octanol–water partition coefficient (Wildman–Crippen LogP) is 2.70. The molecule has 0 spiro atoms. The van der Waals surface area contributed by atoms with E-state index in [1.165, 1.54) is 30.4 Å². The highest BCUT2D eigenvalue weighted by molar-refractivity contribution is 5.63. The molecule has 0 saturated carbocycles. The van der Waals surface area contributed by atoms with E-state index in [1.54, 1.807) is 0 Å². The van der Waals surface area contributed by atoms with Crippen molar-refractivity contribution in [2.24, 2.45) is 11.1 Å². The van der Waals surface area contributed by atoms with Crippen molar-refractivity contribution in [2.45, 2.75) is 25.4 Å². The number of fused-ring (bicyclic) bond motifs is 3. The van der Waals surface area contributed by atoms with Gasteiger partial charge in [-0.15, -0.1) is 0 Å². The van der Waals surface area contributed by atoms with E-state index >= 15 is 0 Å². The maximum atomic E-state index is 5.43. The van der Waals surface area contributed by atoms with Gasteiger partial charge < -0.3 is 4.84 Å². The van der Waals surface area contributed by atoms with Gasteiger partial charge in [-0.2, -0.15) is 0 Å². The molecule has 2 nitrogen and oxygen atoms in total. The van der Waals surface area contributed by atoms with Crippen molar-refractivity contribution in [2.75, 3.05) is 0 Å². The second-order valence-electron chi connectivity index (χ2n) is 4.04. The first-order valence-electron chi connectivity index (χ1n) is 5.22. The fourth-order valence-electron chi connectivity index (χ4n) is 2.42. The summed E-state index contributed by atoms with van der Waals surface area (Å²) >= 11 is 0. The van der Waals surface area contributed by atoms with Crippen LogP contribution in [0.15, 0.2) is 29.4 Å². The predicted molar refractivity (Wildman–Crippen MR) is 55.2 cm³/mol. The van der Waals surface area contributed by atoms with Crippen molar-refractivity contribution in [3.05, 3.63) is 35.4 Å². The van der Waals surface area contributed by atoms with Gasteiger partial charge in [-0.25, -0.2) is 0 Å². The van der Waals surface area contributed by atoms with Gasteiger partial charge in [-0.3, -0.25) is 0 Å². The van der Waals surface area contributed by atoms with E-state index in [0.29, 0.717) is 5.92 Å². The van der Waals surface area contributed by atoms with E-state index in [2.05, 4.69) is 29.4 Å². The molecule has 2 heteroatoms. The van der Waals surface area contributed by atoms with Gasteiger partial charge in [0, 0.05) is 5.92 Å². The molecule has 1 heterocycles. The highest BCUT2D eigenvalue weighted by Crippen LogP contribution is 2.37. The fourth-order valence-corrected chi connectivity index (χ4v) is 2.42. The minimum absolute atomic E-state index is 0.189. The number of benzene rings is 1. The fraction of sp³-hybridized carbons (Fsp3) is 0.417. The molecule has 2 aliphatic rings. The lowest BCUT2D eigenvalue weighted by Gasteiger charge is -2.15. The van der Waals surface area contributed by atoms with Gasteiger partial charge in [0.25, 0.3) is 0 Å². The Kier molecular flexibility index (Phi) is 1.79. The number of oxime groups is 1. The Morgan fingerprint density at radius 1 is 1.29 bits per heavy atom. The van der Waals surface area contributed by atoms with Crippen molar-refractivity contribution in [3.63, 3.8) is 0 Å². The van der Waals surface area contributed by atoms with Crippen LogP contribution in [0.2, 0.25) is 0 Å². The molecular formula is C12H13NO. The summed E-state index contributed by atoms with van der Waals surface area (Å²) in [6, 6.07) is 8.57. The molecule has 1 aromatic carbocycles. The third-order valence-corrected chi connectivity index (χ3v) is 3.16. The van der Waals surface area contributed by atoms with Crippen LogP contribution in [0, 0.1) is 5.92 Å². The van der Waals surface area contributed by atoms with Gasteiger partial charge in [0.05, 0.1) is 6.21 Å². The standard InChI is InChI=1S/C12H13NO/c1-2-7-11-9(4-1)5-3-6-10-8-13-14-12(10)11/h1-2,4,7-8,10,12H,3,5-6H2. The van der Waals surface area contributed by atoms with E-state index in [0.717, 1.165) is 0 Å². The molecule has 0 bridgehead atoms. The molecule has 0 amide bonds. The van der Waals surface area contributed by atoms with Crippen LogP contribution >= 0.6 is 0 Å². The highest BCUT2D eigenvalue weighted by atomic mass is 16.6. The van der Waals surface area contributed by atoms with E-state index in [4.69, 9.17) is 4.84 Å². The zero-order chi connectivity index (χ0) is 9.38. The number of rotatable bonds is 0. The number of nitrogens with zero attached hydrogens (tertiary/aromatic N) is 1. The summed E-state index contributed by atoms with van der Waals surface area (Å²) < 4.78 is 0. The lowest BCUT2D eigenvalue weighted by Crippen LogP contribution is -2.08. The van der Waals surface area contributed by atoms with Crippen LogP contribution in [-0.2, 0) is 11.3 Å². The van der Waals surface area contributed by atoms with Gasteiger partial charge in [0.15, 0.2) is 6.10 Å². The molecule has 72 valence electrons. The Hall–Kier alpha value is -1.31. The first kappa shape index (κ1) is 8.04. The van der Waals surface area contributed by atoms with Crippen molar-refractivity contribution < 1.29 is 4.84 Å². The molecule has 1 aliphatic heterocycles. The second-order valence-corrected chi connectivity index (χ2v) is 4.04. The van der Waals surface area contributed by atoms with Crippen LogP contribution in [0.4, 0.5) is 0 Å². The largest absolute Gasteiger partial charge is 0.387 e.